The molecule has 0 atom stereocenters. The highest BCUT2D eigenvalue weighted by Crippen LogP contribution is 2.14. The zero-order valence-corrected chi connectivity index (χ0v) is 9.65. The van der Waals surface area contributed by atoms with Gasteiger partial charge >= 0.3 is 0 Å². The van der Waals surface area contributed by atoms with Crippen LogP contribution in [0.1, 0.15) is 12.8 Å². The van der Waals surface area contributed by atoms with Crippen LogP contribution in [0.25, 0.3) is 0 Å². The molecular formula is C10H22N4O2. The van der Waals surface area contributed by atoms with E-state index in [9.17, 15) is 4.79 Å². The zero-order chi connectivity index (χ0) is 11.8. The number of piperidine rings is 1. The van der Waals surface area contributed by atoms with E-state index >= 15 is 0 Å². The molecule has 1 rings (SSSR count). The molecule has 0 unspecified atom stereocenters. The van der Waals surface area contributed by atoms with E-state index in [0.717, 1.165) is 25.9 Å². The van der Waals surface area contributed by atoms with E-state index in [-0.39, 0.29) is 11.8 Å². The lowest BCUT2D eigenvalue weighted by Gasteiger charge is -2.27. The van der Waals surface area contributed by atoms with E-state index in [2.05, 4.69) is 5.32 Å². The van der Waals surface area contributed by atoms with Gasteiger partial charge in [0.05, 0.1) is 13.2 Å². The van der Waals surface area contributed by atoms with Crippen molar-refractivity contribution in [2.75, 3.05) is 39.4 Å². The molecule has 1 saturated heterocycles. The number of hydrazine groups is 1. The topological polar surface area (TPSA) is 93.6 Å². The molecule has 0 radical (unpaired) electrons. The van der Waals surface area contributed by atoms with Crippen LogP contribution < -0.4 is 16.9 Å². The standard InChI is InChI=1S/C10H22N4O2/c11-3-7-16-8-4-13-10(15)9-1-5-14(12)6-2-9/h9H,1-8,11-12H2,(H,13,15). The summed E-state index contributed by atoms with van der Waals surface area (Å²) >= 11 is 0. The molecule has 1 heterocycles. The average molecular weight is 230 g/mol. The molecule has 94 valence electrons. The van der Waals surface area contributed by atoms with Crippen molar-refractivity contribution in [3.63, 3.8) is 0 Å². The van der Waals surface area contributed by atoms with Crippen LogP contribution in [-0.2, 0) is 9.53 Å². The minimum Gasteiger partial charge on any atom is -0.378 e. The third kappa shape index (κ3) is 4.89. The zero-order valence-electron chi connectivity index (χ0n) is 9.65. The normalized spacial score (nSPS) is 18.6. The highest BCUT2D eigenvalue weighted by Gasteiger charge is 2.22. The van der Waals surface area contributed by atoms with Crippen LogP contribution >= 0.6 is 0 Å². The summed E-state index contributed by atoms with van der Waals surface area (Å²) in [7, 11) is 0. The molecule has 0 aliphatic carbocycles. The molecule has 1 aliphatic heterocycles. The number of hydrogen-bond acceptors (Lipinski definition) is 5. The van der Waals surface area contributed by atoms with Gasteiger partial charge in [0, 0.05) is 32.1 Å². The van der Waals surface area contributed by atoms with E-state index in [1.807, 2.05) is 0 Å². The van der Waals surface area contributed by atoms with E-state index in [0.29, 0.717) is 26.3 Å². The van der Waals surface area contributed by atoms with Crippen LogP contribution in [0.2, 0.25) is 0 Å². The number of nitrogens with zero attached hydrogens (tertiary/aromatic N) is 1. The molecule has 0 aromatic heterocycles. The van der Waals surface area contributed by atoms with Gasteiger partial charge in [-0.2, -0.15) is 0 Å². The Morgan fingerprint density at radius 3 is 2.69 bits per heavy atom. The number of carbonyl (C=O) groups excluding carboxylic acids is 1. The lowest BCUT2D eigenvalue weighted by molar-refractivity contribution is -0.126. The van der Waals surface area contributed by atoms with E-state index < -0.39 is 0 Å². The van der Waals surface area contributed by atoms with Gasteiger partial charge in [-0.3, -0.25) is 10.6 Å². The van der Waals surface area contributed by atoms with Crippen molar-refractivity contribution < 1.29 is 9.53 Å². The maximum Gasteiger partial charge on any atom is 0.223 e. The molecule has 16 heavy (non-hydrogen) atoms. The molecule has 1 aliphatic rings. The lowest BCUT2D eigenvalue weighted by Crippen LogP contribution is -2.44. The van der Waals surface area contributed by atoms with Crippen LogP contribution in [0.5, 0.6) is 0 Å². The van der Waals surface area contributed by atoms with Crippen molar-refractivity contribution in [2.24, 2.45) is 17.5 Å². The molecule has 1 fully saturated rings. The third-order valence-corrected chi connectivity index (χ3v) is 2.71. The maximum absolute atomic E-state index is 11.7. The number of nitrogens with two attached hydrogens (primary N) is 2. The van der Waals surface area contributed by atoms with Crippen molar-refractivity contribution >= 4 is 5.91 Å². The lowest BCUT2D eigenvalue weighted by atomic mass is 9.97. The van der Waals surface area contributed by atoms with Crippen molar-refractivity contribution in [2.45, 2.75) is 12.8 Å². The van der Waals surface area contributed by atoms with Gasteiger partial charge in [0.2, 0.25) is 5.91 Å². The fourth-order valence-electron chi connectivity index (χ4n) is 1.74. The number of ether oxygens (including phenoxy) is 1. The SMILES string of the molecule is NCCOCCNC(=O)C1CCN(N)CC1. The quantitative estimate of drug-likeness (QED) is 0.388. The second kappa shape index (κ2) is 7.56. The summed E-state index contributed by atoms with van der Waals surface area (Å²) < 4.78 is 5.17. The van der Waals surface area contributed by atoms with Gasteiger partial charge < -0.3 is 15.8 Å². The number of amides is 1. The highest BCUT2D eigenvalue weighted by molar-refractivity contribution is 5.78. The molecule has 6 heteroatoms. The summed E-state index contributed by atoms with van der Waals surface area (Å²) in [6.45, 7) is 3.73. The second-order valence-corrected chi connectivity index (χ2v) is 4.00. The average Bonchev–Trinajstić information content (AvgIpc) is 2.29. The summed E-state index contributed by atoms with van der Waals surface area (Å²) in [5, 5.41) is 4.62. The van der Waals surface area contributed by atoms with Crippen molar-refractivity contribution in [3.8, 4) is 0 Å². The Balaban J connectivity index is 2.06. The molecule has 0 saturated carbocycles. The van der Waals surface area contributed by atoms with Crippen LogP contribution in [0.15, 0.2) is 0 Å². The first kappa shape index (κ1) is 13.4. The van der Waals surface area contributed by atoms with Gasteiger partial charge in [0.15, 0.2) is 0 Å². The number of carbonyl (C=O) groups is 1. The smallest absolute Gasteiger partial charge is 0.223 e. The Kier molecular flexibility index (Phi) is 6.32. The largest absolute Gasteiger partial charge is 0.378 e. The van der Waals surface area contributed by atoms with E-state index in [4.69, 9.17) is 16.3 Å². The monoisotopic (exact) mass is 230 g/mol. The molecule has 6 nitrogen and oxygen atoms in total. The Labute approximate surface area is 96.3 Å². The van der Waals surface area contributed by atoms with Gasteiger partial charge in [-0.1, -0.05) is 0 Å². The summed E-state index contributed by atoms with van der Waals surface area (Å²) in [4.78, 5) is 11.7. The van der Waals surface area contributed by atoms with Gasteiger partial charge in [-0.05, 0) is 12.8 Å². The predicted octanol–water partition coefficient (Wildman–Crippen LogP) is -1.34. The minimum absolute atomic E-state index is 0.106. The Morgan fingerprint density at radius 2 is 2.06 bits per heavy atom. The molecule has 0 aromatic carbocycles. The number of hydrogen-bond donors (Lipinski definition) is 3. The molecular weight excluding hydrogens is 208 g/mol. The molecule has 5 N–H and O–H groups in total. The van der Waals surface area contributed by atoms with Crippen LogP contribution in [0.3, 0.4) is 0 Å². The van der Waals surface area contributed by atoms with Crippen LogP contribution in [-0.4, -0.2) is 50.3 Å². The predicted molar refractivity (Wildman–Crippen MR) is 61.4 cm³/mol. The Hall–Kier alpha value is -0.690. The minimum atomic E-state index is 0.106. The van der Waals surface area contributed by atoms with Crippen LogP contribution in [0, 0.1) is 5.92 Å². The van der Waals surface area contributed by atoms with Gasteiger partial charge in [-0.25, -0.2) is 5.01 Å². The van der Waals surface area contributed by atoms with Crippen molar-refractivity contribution in [1.29, 1.82) is 0 Å². The summed E-state index contributed by atoms with van der Waals surface area (Å²) in [6, 6.07) is 0. The highest BCUT2D eigenvalue weighted by atomic mass is 16.5. The molecule has 1 amide bonds. The molecule has 0 bridgehead atoms. The maximum atomic E-state index is 11.7. The Bertz CT molecular complexity index is 205. The Morgan fingerprint density at radius 1 is 1.38 bits per heavy atom. The second-order valence-electron chi connectivity index (χ2n) is 4.00. The van der Waals surface area contributed by atoms with Crippen LogP contribution in [0.4, 0.5) is 0 Å². The third-order valence-electron chi connectivity index (χ3n) is 2.71. The molecule has 0 spiro atoms. The summed E-state index contributed by atoms with van der Waals surface area (Å²) in [6.07, 6.45) is 1.68. The first-order valence-corrected chi connectivity index (χ1v) is 5.79. The summed E-state index contributed by atoms with van der Waals surface area (Å²) in [5.41, 5.74) is 5.27. The van der Waals surface area contributed by atoms with Gasteiger partial charge in [-0.15, -0.1) is 0 Å². The van der Waals surface area contributed by atoms with Gasteiger partial charge in [0.25, 0.3) is 0 Å². The first-order chi connectivity index (χ1) is 7.74. The van der Waals surface area contributed by atoms with Crippen molar-refractivity contribution in [1.82, 2.24) is 10.3 Å². The van der Waals surface area contributed by atoms with E-state index in [1.54, 1.807) is 5.01 Å². The number of nitrogens with one attached hydrogen (secondary N) is 1. The fraction of sp³-hybridized carbons (Fsp3) is 0.900. The van der Waals surface area contributed by atoms with E-state index in [1.165, 1.54) is 0 Å². The van der Waals surface area contributed by atoms with Gasteiger partial charge in [0.1, 0.15) is 0 Å². The summed E-state index contributed by atoms with van der Waals surface area (Å²) in [5.74, 6) is 5.84. The first-order valence-electron chi connectivity index (χ1n) is 5.79. The fourth-order valence-corrected chi connectivity index (χ4v) is 1.74. The van der Waals surface area contributed by atoms with Crippen molar-refractivity contribution in [3.05, 3.63) is 0 Å². The number of rotatable bonds is 6. The molecule has 0 aromatic rings.